The van der Waals surface area contributed by atoms with E-state index in [0.29, 0.717) is 17.2 Å². The van der Waals surface area contributed by atoms with Crippen LogP contribution in [0.4, 0.5) is 0 Å². The molecule has 2 unspecified atom stereocenters. The maximum Gasteiger partial charge on any atom is 0.173 e. The quantitative estimate of drug-likeness (QED) is 0.517. The van der Waals surface area contributed by atoms with E-state index in [9.17, 15) is 0 Å². The minimum absolute atomic E-state index is 0.239. The second kappa shape index (κ2) is 1.93. The Morgan fingerprint density at radius 3 is 2.55 bits per heavy atom. The number of hydrogen-bond acceptors (Lipinski definition) is 2. The molecule has 1 heterocycles. The van der Waals surface area contributed by atoms with Gasteiger partial charge in [0.25, 0.3) is 0 Å². The van der Waals surface area contributed by atoms with Crippen molar-refractivity contribution < 1.29 is 9.47 Å². The van der Waals surface area contributed by atoms with Crippen LogP contribution in [0.1, 0.15) is 12.8 Å². The van der Waals surface area contributed by atoms with Crippen molar-refractivity contribution >= 4 is 11.6 Å². The van der Waals surface area contributed by atoms with Crippen LogP contribution >= 0.6 is 11.6 Å². The molecule has 2 nitrogen and oxygen atoms in total. The summed E-state index contributed by atoms with van der Waals surface area (Å²) in [5.74, 6) is 0.957. The topological polar surface area (TPSA) is 18.5 Å². The van der Waals surface area contributed by atoms with Gasteiger partial charge in [-0.1, -0.05) is 0 Å². The van der Waals surface area contributed by atoms with Crippen molar-refractivity contribution in [1.29, 1.82) is 0 Å². The van der Waals surface area contributed by atoms with E-state index in [2.05, 4.69) is 0 Å². The van der Waals surface area contributed by atoms with Gasteiger partial charge in [-0.05, 0) is 12.3 Å². The Morgan fingerprint density at radius 2 is 2.00 bits per heavy atom. The summed E-state index contributed by atoms with van der Waals surface area (Å²) in [6, 6.07) is 0. The molecule has 3 aliphatic rings. The predicted octanol–water partition coefficient (Wildman–Crippen LogP) is 1.38. The first kappa shape index (κ1) is 6.70. The molecule has 0 N–H and O–H groups in total. The van der Waals surface area contributed by atoms with Gasteiger partial charge in [0.05, 0.1) is 13.2 Å². The smallest absolute Gasteiger partial charge is 0.173 e. The molecule has 11 heavy (non-hydrogen) atoms. The summed E-state index contributed by atoms with van der Waals surface area (Å²) < 4.78 is 11.2. The summed E-state index contributed by atoms with van der Waals surface area (Å²) in [6.07, 6.45) is 2.25. The van der Waals surface area contributed by atoms with Crippen LogP contribution < -0.4 is 0 Å². The summed E-state index contributed by atoms with van der Waals surface area (Å²) in [5, 5.41) is 0.335. The van der Waals surface area contributed by atoms with E-state index < -0.39 is 0 Å². The van der Waals surface area contributed by atoms with Crippen molar-refractivity contribution in [3.05, 3.63) is 0 Å². The average molecular weight is 175 g/mol. The lowest BCUT2D eigenvalue weighted by Gasteiger charge is -2.23. The van der Waals surface area contributed by atoms with Gasteiger partial charge in [-0.2, -0.15) is 0 Å². The molecule has 3 heteroatoms. The van der Waals surface area contributed by atoms with Crippen LogP contribution in [0.2, 0.25) is 0 Å². The number of ether oxygens (including phenoxy) is 2. The monoisotopic (exact) mass is 174 g/mol. The first-order valence-corrected chi connectivity index (χ1v) is 4.69. The molecule has 0 amide bonds. The normalized spacial score (nSPS) is 51.5. The van der Waals surface area contributed by atoms with Crippen LogP contribution in [0.3, 0.4) is 0 Å². The first-order valence-electron chi connectivity index (χ1n) is 4.25. The zero-order valence-corrected chi connectivity index (χ0v) is 7.01. The fraction of sp³-hybridized carbons (Fsp3) is 1.00. The van der Waals surface area contributed by atoms with Gasteiger partial charge in [0, 0.05) is 17.7 Å². The van der Waals surface area contributed by atoms with E-state index >= 15 is 0 Å². The van der Waals surface area contributed by atoms with Crippen molar-refractivity contribution in [2.24, 2.45) is 11.8 Å². The van der Waals surface area contributed by atoms with Crippen LogP contribution in [0.15, 0.2) is 0 Å². The lowest BCUT2D eigenvalue weighted by molar-refractivity contribution is -0.166. The number of halogens is 1. The van der Waals surface area contributed by atoms with Crippen molar-refractivity contribution in [2.75, 3.05) is 13.2 Å². The Morgan fingerprint density at radius 1 is 1.27 bits per heavy atom. The van der Waals surface area contributed by atoms with Gasteiger partial charge in [-0.25, -0.2) is 0 Å². The van der Waals surface area contributed by atoms with E-state index in [-0.39, 0.29) is 5.79 Å². The summed E-state index contributed by atoms with van der Waals surface area (Å²) in [4.78, 5) is 0. The maximum atomic E-state index is 6.06. The third-order valence-corrected chi connectivity index (χ3v) is 3.78. The highest BCUT2D eigenvalue weighted by Gasteiger charge is 2.67. The van der Waals surface area contributed by atoms with E-state index in [0.717, 1.165) is 19.6 Å². The van der Waals surface area contributed by atoms with Crippen LogP contribution in [0.5, 0.6) is 0 Å². The van der Waals surface area contributed by atoms with Gasteiger partial charge < -0.3 is 9.47 Å². The predicted molar refractivity (Wildman–Crippen MR) is 40.5 cm³/mol. The van der Waals surface area contributed by atoms with Gasteiger partial charge in [0.15, 0.2) is 5.79 Å². The lowest BCUT2D eigenvalue weighted by Crippen LogP contribution is -2.31. The molecular formula is C8H11ClO2. The SMILES string of the molecule is ClC1C2[C@@H]1CCC21OCCO1. The molecule has 0 aromatic heterocycles. The van der Waals surface area contributed by atoms with Crippen LogP contribution in [0, 0.1) is 11.8 Å². The second-order valence-electron chi connectivity index (χ2n) is 3.68. The van der Waals surface area contributed by atoms with Gasteiger partial charge >= 0.3 is 0 Å². The molecule has 0 aromatic carbocycles. The standard InChI is InChI=1S/C8H11ClO2/c9-7-5-1-2-8(6(5)7)10-3-4-11-8/h5-7H,1-4H2/t5-,6?,7?/m0/s1. The molecule has 3 fully saturated rings. The highest BCUT2D eigenvalue weighted by molar-refractivity contribution is 6.23. The summed E-state index contributed by atoms with van der Waals surface area (Å²) >= 11 is 6.06. The Balaban J connectivity index is 1.87. The molecule has 0 bridgehead atoms. The van der Waals surface area contributed by atoms with Gasteiger partial charge in [-0.3, -0.25) is 0 Å². The van der Waals surface area contributed by atoms with Crippen molar-refractivity contribution in [2.45, 2.75) is 24.0 Å². The highest BCUT2D eigenvalue weighted by atomic mass is 35.5. The Kier molecular flexibility index (Phi) is 1.17. The minimum Gasteiger partial charge on any atom is -0.347 e. The molecular weight excluding hydrogens is 164 g/mol. The largest absolute Gasteiger partial charge is 0.347 e. The maximum absolute atomic E-state index is 6.06. The molecule has 1 saturated heterocycles. The third kappa shape index (κ3) is 0.707. The summed E-state index contributed by atoms with van der Waals surface area (Å²) in [6.45, 7) is 1.51. The van der Waals surface area contributed by atoms with Gasteiger partial charge in [0.2, 0.25) is 0 Å². The zero-order valence-electron chi connectivity index (χ0n) is 6.25. The van der Waals surface area contributed by atoms with Crippen molar-refractivity contribution in [3.63, 3.8) is 0 Å². The molecule has 1 aliphatic heterocycles. The van der Waals surface area contributed by atoms with Gasteiger partial charge in [0.1, 0.15) is 0 Å². The molecule has 2 aliphatic carbocycles. The molecule has 0 radical (unpaired) electrons. The van der Waals surface area contributed by atoms with E-state index in [1.165, 1.54) is 6.42 Å². The van der Waals surface area contributed by atoms with Crippen LogP contribution in [-0.4, -0.2) is 24.4 Å². The number of hydrogen-bond donors (Lipinski definition) is 0. The molecule has 2 saturated carbocycles. The Hall–Kier alpha value is 0.210. The lowest BCUT2D eigenvalue weighted by atomic mass is 10.1. The van der Waals surface area contributed by atoms with E-state index in [1.807, 2.05) is 0 Å². The minimum atomic E-state index is -0.239. The summed E-state index contributed by atoms with van der Waals surface area (Å²) in [7, 11) is 0. The molecule has 1 spiro atoms. The second-order valence-corrected chi connectivity index (χ2v) is 4.19. The van der Waals surface area contributed by atoms with E-state index in [4.69, 9.17) is 21.1 Å². The number of rotatable bonds is 0. The number of fused-ring (bicyclic) bond motifs is 2. The molecule has 3 rings (SSSR count). The van der Waals surface area contributed by atoms with Crippen molar-refractivity contribution in [1.82, 2.24) is 0 Å². The molecule has 3 atom stereocenters. The van der Waals surface area contributed by atoms with Crippen molar-refractivity contribution in [3.8, 4) is 0 Å². The molecule has 0 aromatic rings. The fourth-order valence-corrected chi connectivity index (χ4v) is 3.16. The Bertz CT molecular complexity index is 183. The summed E-state index contributed by atoms with van der Waals surface area (Å²) in [5.41, 5.74) is 0. The number of alkyl halides is 1. The van der Waals surface area contributed by atoms with Gasteiger partial charge in [-0.15, -0.1) is 11.6 Å². The van der Waals surface area contributed by atoms with E-state index in [1.54, 1.807) is 0 Å². The fourth-order valence-electron chi connectivity index (χ4n) is 2.58. The Labute approximate surface area is 70.8 Å². The molecule has 62 valence electrons. The third-order valence-electron chi connectivity index (χ3n) is 3.18. The van der Waals surface area contributed by atoms with Crippen LogP contribution in [0.25, 0.3) is 0 Å². The van der Waals surface area contributed by atoms with Crippen LogP contribution in [-0.2, 0) is 9.47 Å². The average Bonchev–Trinajstić information content (AvgIpc) is 2.52. The first-order chi connectivity index (χ1) is 5.33. The highest BCUT2D eigenvalue weighted by Crippen LogP contribution is 2.62. The zero-order chi connectivity index (χ0) is 7.47.